The Bertz CT molecular complexity index is 852. The number of benzene rings is 2. The highest BCUT2D eigenvalue weighted by Crippen LogP contribution is 2.21. The fourth-order valence-electron chi connectivity index (χ4n) is 2.52. The summed E-state index contributed by atoms with van der Waals surface area (Å²) in [6.07, 6.45) is 1.73. The van der Waals surface area contributed by atoms with E-state index in [4.69, 9.17) is 4.74 Å². The van der Waals surface area contributed by atoms with Gasteiger partial charge in [0.05, 0.1) is 17.9 Å². The lowest BCUT2D eigenvalue weighted by Gasteiger charge is -2.09. The molecule has 1 aliphatic heterocycles. The van der Waals surface area contributed by atoms with Crippen molar-refractivity contribution in [1.29, 1.82) is 0 Å². The second-order valence-corrected chi connectivity index (χ2v) is 5.53. The van der Waals surface area contributed by atoms with E-state index in [9.17, 15) is 9.59 Å². The predicted octanol–water partition coefficient (Wildman–Crippen LogP) is 3.53. The summed E-state index contributed by atoms with van der Waals surface area (Å²) in [5, 5.41) is 5.05. The van der Waals surface area contributed by atoms with Crippen molar-refractivity contribution in [3.63, 3.8) is 0 Å². The molecule has 0 fully saturated rings. The van der Waals surface area contributed by atoms with Crippen molar-refractivity contribution in [2.45, 2.75) is 13.8 Å². The number of hydrazone groups is 1. The van der Waals surface area contributed by atoms with Crippen LogP contribution in [0.25, 0.3) is 6.08 Å². The van der Waals surface area contributed by atoms with Crippen molar-refractivity contribution in [1.82, 2.24) is 5.01 Å². The molecule has 0 saturated carbocycles. The molecule has 1 heterocycles. The van der Waals surface area contributed by atoms with Crippen LogP contribution in [0.15, 0.2) is 65.3 Å². The van der Waals surface area contributed by atoms with Crippen molar-refractivity contribution in [2.75, 3.05) is 6.61 Å². The maximum Gasteiger partial charge on any atom is 0.283 e. The van der Waals surface area contributed by atoms with Crippen LogP contribution in [-0.4, -0.2) is 29.1 Å². The molecule has 0 aromatic heterocycles. The molecule has 0 N–H and O–H groups in total. The molecule has 5 heteroatoms. The van der Waals surface area contributed by atoms with E-state index in [-0.39, 0.29) is 0 Å². The lowest BCUT2D eigenvalue weighted by atomic mass is 10.1. The Morgan fingerprint density at radius 2 is 1.80 bits per heavy atom. The first-order chi connectivity index (χ1) is 12.1. The normalized spacial score (nSPS) is 15.4. The number of carbonyl (C=O) groups is 2. The van der Waals surface area contributed by atoms with Gasteiger partial charge in [0.1, 0.15) is 5.75 Å². The molecule has 5 nitrogen and oxygen atoms in total. The van der Waals surface area contributed by atoms with Crippen LogP contribution in [0, 0.1) is 0 Å². The number of hydrogen-bond acceptors (Lipinski definition) is 4. The van der Waals surface area contributed by atoms with Crippen LogP contribution < -0.4 is 4.74 Å². The Hall–Kier alpha value is -3.21. The zero-order valence-electron chi connectivity index (χ0n) is 14.1. The summed E-state index contributed by atoms with van der Waals surface area (Å²) in [6, 6.07) is 16.0. The van der Waals surface area contributed by atoms with Gasteiger partial charge in [0.15, 0.2) is 0 Å². The molecule has 3 rings (SSSR count). The maximum absolute atomic E-state index is 12.6. The van der Waals surface area contributed by atoms with Gasteiger partial charge in [-0.3, -0.25) is 9.59 Å². The third kappa shape index (κ3) is 3.50. The largest absolute Gasteiger partial charge is 0.494 e. The van der Waals surface area contributed by atoms with Crippen molar-refractivity contribution in [3.8, 4) is 5.75 Å². The van der Waals surface area contributed by atoms with Crippen LogP contribution >= 0.6 is 0 Å². The van der Waals surface area contributed by atoms with E-state index in [1.807, 2.05) is 37.3 Å². The van der Waals surface area contributed by atoms with Gasteiger partial charge < -0.3 is 4.74 Å². The minimum atomic E-state index is -0.431. The third-order valence-corrected chi connectivity index (χ3v) is 3.78. The monoisotopic (exact) mass is 334 g/mol. The molecule has 0 bridgehead atoms. The molecule has 25 heavy (non-hydrogen) atoms. The van der Waals surface area contributed by atoms with Crippen LogP contribution in [0.2, 0.25) is 0 Å². The Morgan fingerprint density at radius 3 is 2.44 bits per heavy atom. The molecule has 0 saturated heterocycles. The van der Waals surface area contributed by atoms with Gasteiger partial charge in [-0.25, -0.2) is 0 Å². The summed E-state index contributed by atoms with van der Waals surface area (Å²) in [7, 11) is 0. The first-order valence-corrected chi connectivity index (χ1v) is 8.04. The summed E-state index contributed by atoms with van der Waals surface area (Å²) in [4.78, 5) is 25.1. The molecule has 0 atom stereocenters. The maximum atomic E-state index is 12.6. The highest BCUT2D eigenvalue weighted by molar-refractivity contribution is 6.30. The van der Waals surface area contributed by atoms with E-state index >= 15 is 0 Å². The molecule has 2 aromatic rings. The SMILES string of the molecule is CCOc1ccc(/C=C2/C(=O)N(C(=O)c3ccccc3)N=C2C)cc1. The van der Waals surface area contributed by atoms with Gasteiger partial charge in [-0.1, -0.05) is 30.3 Å². The number of carbonyl (C=O) groups excluding carboxylic acids is 2. The lowest BCUT2D eigenvalue weighted by Crippen LogP contribution is -2.29. The minimum Gasteiger partial charge on any atom is -0.494 e. The van der Waals surface area contributed by atoms with E-state index in [1.54, 1.807) is 37.3 Å². The molecule has 0 unspecified atom stereocenters. The zero-order chi connectivity index (χ0) is 17.8. The Balaban J connectivity index is 1.83. The fraction of sp³-hybridized carbons (Fsp3) is 0.150. The molecule has 126 valence electrons. The summed E-state index contributed by atoms with van der Waals surface area (Å²) in [5.41, 5.74) is 2.20. The van der Waals surface area contributed by atoms with Crippen molar-refractivity contribution in [2.24, 2.45) is 5.10 Å². The van der Waals surface area contributed by atoms with E-state index in [0.29, 0.717) is 23.5 Å². The van der Waals surface area contributed by atoms with Crippen LogP contribution in [0.3, 0.4) is 0 Å². The lowest BCUT2D eigenvalue weighted by molar-refractivity contribution is -0.123. The van der Waals surface area contributed by atoms with E-state index in [2.05, 4.69) is 5.10 Å². The van der Waals surface area contributed by atoms with Gasteiger partial charge in [0.25, 0.3) is 11.8 Å². The molecule has 0 radical (unpaired) electrons. The van der Waals surface area contributed by atoms with Crippen molar-refractivity contribution in [3.05, 3.63) is 71.3 Å². The number of hydrogen-bond donors (Lipinski definition) is 0. The highest BCUT2D eigenvalue weighted by atomic mass is 16.5. The second-order valence-electron chi connectivity index (χ2n) is 5.53. The first-order valence-electron chi connectivity index (χ1n) is 8.04. The van der Waals surface area contributed by atoms with Gasteiger partial charge in [0.2, 0.25) is 0 Å². The minimum absolute atomic E-state index is 0.411. The Kier molecular flexibility index (Phi) is 4.75. The van der Waals surface area contributed by atoms with Gasteiger partial charge >= 0.3 is 0 Å². The van der Waals surface area contributed by atoms with Crippen LogP contribution in [0.4, 0.5) is 0 Å². The van der Waals surface area contributed by atoms with E-state index in [0.717, 1.165) is 16.3 Å². The van der Waals surface area contributed by atoms with Crippen LogP contribution in [0.1, 0.15) is 29.8 Å². The molecular formula is C20H18N2O3. The summed E-state index contributed by atoms with van der Waals surface area (Å²) in [5.74, 6) is -0.0750. The number of amides is 2. The predicted molar refractivity (Wildman–Crippen MR) is 96.3 cm³/mol. The van der Waals surface area contributed by atoms with Crippen molar-refractivity contribution < 1.29 is 14.3 Å². The average molecular weight is 334 g/mol. The number of nitrogens with zero attached hydrogens (tertiary/aromatic N) is 2. The number of ether oxygens (including phenoxy) is 1. The molecular weight excluding hydrogens is 316 g/mol. The first kappa shape index (κ1) is 16.6. The summed E-state index contributed by atoms with van der Waals surface area (Å²) >= 11 is 0. The Labute approximate surface area is 146 Å². The average Bonchev–Trinajstić information content (AvgIpc) is 2.92. The second kappa shape index (κ2) is 7.13. The zero-order valence-corrected chi connectivity index (χ0v) is 14.1. The van der Waals surface area contributed by atoms with E-state index < -0.39 is 11.8 Å². The van der Waals surface area contributed by atoms with Crippen molar-refractivity contribution >= 4 is 23.6 Å². The molecule has 2 aromatic carbocycles. The highest BCUT2D eigenvalue weighted by Gasteiger charge is 2.32. The van der Waals surface area contributed by atoms with Crippen LogP contribution in [0.5, 0.6) is 5.75 Å². The van der Waals surface area contributed by atoms with Gasteiger partial charge in [-0.15, -0.1) is 0 Å². The molecule has 2 amide bonds. The smallest absolute Gasteiger partial charge is 0.283 e. The summed E-state index contributed by atoms with van der Waals surface area (Å²) in [6.45, 7) is 4.24. The van der Waals surface area contributed by atoms with Crippen LogP contribution in [-0.2, 0) is 4.79 Å². The van der Waals surface area contributed by atoms with E-state index in [1.165, 1.54) is 0 Å². The quantitative estimate of drug-likeness (QED) is 0.635. The topological polar surface area (TPSA) is 59.0 Å². The number of rotatable bonds is 4. The summed E-state index contributed by atoms with van der Waals surface area (Å²) < 4.78 is 5.41. The molecule has 1 aliphatic rings. The van der Waals surface area contributed by atoms with Gasteiger partial charge in [-0.05, 0) is 49.8 Å². The molecule has 0 spiro atoms. The number of imide groups is 1. The van der Waals surface area contributed by atoms with Gasteiger partial charge in [0, 0.05) is 5.56 Å². The van der Waals surface area contributed by atoms with Gasteiger partial charge in [-0.2, -0.15) is 10.1 Å². The third-order valence-electron chi connectivity index (χ3n) is 3.78. The molecule has 0 aliphatic carbocycles. The Morgan fingerprint density at radius 1 is 1.12 bits per heavy atom. The fourth-order valence-corrected chi connectivity index (χ4v) is 2.52. The standard InChI is InChI=1S/C20H18N2O3/c1-3-25-17-11-9-15(10-12-17)13-18-14(2)21-22(20(18)24)19(23)16-7-5-4-6-8-16/h4-13H,3H2,1-2H3/b18-13+.